The van der Waals surface area contributed by atoms with E-state index in [2.05, 4.69) is 282 Å². The first-order chi connectivity index (χ1) is 38.3. The minimum Gasteiger partial charge on any atom is -0.225 e. The summed E-state index contributed by atoms with van der Waals surface area (Å²) < 4.78 is 15.0. The van der Waals surface area contributed by atoms with Crippen molar-refractivity contribution in [3.8, 4) is 34.2 Å². The lowest BCUT2D eigenvalue weighted by molar-refractivity contribution is -0.634. The lowest BCUT2D eigenvalue weighted by atomic mass is 9.87. The van der Waals surface area contributed by atoms with E-state index in [0.29, 0.717) is 0 Å². The second-order valence-electron chi connectivity index (χ2n) is 26.1. The Bertz CT molecular complexity index is 4770. The summed E-state index contributed by atoms with van der Waals surface area (Å²) in [5, 5.41) is 7.99. The van der Waals surface area contributed by atoms with E-state index in [0.717, 1.165) is 0 Å². The molecule has 0 saturated heterocycles. The molecule has 0 aliphatic carbocycles. The van der Waals surface area contributed by atoms with Gasteiger partial charge in [-0.3, -0.25) is 0 Å². The molecule has 6 heteroatoms. The molecule has 408 valence electrons. The summed E-state index contributed by atoms with van der Waals surface area (Å²) >= 11 is 0. The topological polar surface area (TPSA) is 26.4 Å². The third-order valence-corrected chi connectivity index (χ3v) is 21.2. The number of nitrogens with zero attached hydrogens (tertiary/aromatic N) is 6. The van der Waals surface area contributed by atoms with E-state index in [1.807, 2.05) is 0 Å². The average molecular weight is 1070 g/mol. The first-order valence-corrected chi connectivity index (χ1v) is 29.4. The fourth-order valence-corrected chi connectivity index (χ4v) is 15.9. The first-order valence-electron chi connectivity index (χ1n) is 29.4. The molecule has 3 aliphatic heterocycles. The summed E-state index contributed by atoms with van der Waals surface area (Å²) in [4.78, 5) is 0. The highest BCUT2D eigenvalue weighted by Gasteiger charge is 2.50. The zero-order valence-corrected chi connectivity index (χ0v) is 52.1. The Morgan fingerprint density at radius 1 is 0.309 bits per heavy atom. The highest BCUT2D eigenvalue weighted by molar-refractivity contribution is 6.01. The number of hydrogen-bond acceptors (Lipinski definition) is 0. The van der Waals surface area contributed by atoms with Crippen LogP contribution in [0.15, 0.2) is 109 Å². The third-order valence-electron chi connectivity index (χ3n) is 21.2. The first kappa shape index (κ1) is 52.5. The molecule has 0 bridgehead atoms. The second kappa shape index (κ2) is 17.3. The molecule has 3 aliphatic rings. The van der Waals surface area contributed by atoms with Crippen molar-refractivity contribution >= 4 is 65.4 Å². The molecule has 0 unspecified atom stereocenters. The van der Waals surface area contributed by atoms with Gasteiger partial charge in [-0.05, 0) is 209 Å². The molecule has 3 aromatic heterocycles. The van der Waals surface area contributed by atoms with E-state index in [4.69, 9.17) is 0 Å². The van der Waals surface area contributed by atoms with Gasteiger partial charge < -0.3 is 0 Å². The maximum Gasteiger partial charge on any atom is 0.291 e. The van der Waals surface area contributed by atoms with Gasteiger partial charge in [-0.25, -0.2) is 27.4 Å². The Morgan fingerprint density at radius 3 is 1.17 bits per heavy atom. The van der Waals surface area contributed by atoms with Crippen LogP contribution in [0.25, 0.3) is 99.6 Å². The van der Waals surface area contributed by atoms with E-state index >= 15 is 0 Å². The van der Waals surface area contributed by atoms with Crippen molar-refractivity contribution in [2.24, 2.45) is 21.1 Å². The fourth-order valence-electron chi connectivity index (χ4n) is 15.9. The molecule has 15 rings (SSSR count). The maximum atomic E-state index is 2.59. The molecule has 0 atom stereocenters. The van der Waals surface area contributed by atoms with Gasteiger partial charge in [-0.2, -0.15) is 0 Å². The van der Waals surface area contributed by atoms with Crippen LogP contribution in [0, 0.1) is 83.1 Å². The van der Waals surface area contributed by atoms with Gasteiger partial charge in [0, 0.05) is 50.1 Å². The maximum absolute atomic E-state index is 2.59. The summed E-state index contributed by atoms with van der Waals surface area (Å²) in [6.07, 6.45) is 0. The van der Waals surface area contributed by atoms with E-state index < -0.39 is 0 Å². The molecule has 0 N–H and O–H groups in total. The van der Waals surface area contributed by atoms with Gasteiger partial charge in [0.1, 0.15) is 16.6 Å². The normalized spacial score (nSPS) is 14.8. The Kier molecular flexibility index (Phi) is 11.3. The van der Waals surface area contributed by atoms with Crippen molar-refractivity contribution in [2.75, 3.05) is 0 Å². The van der Waals surface area contributed by atoms with Crippen LogP contribution in [-0.2, 0) is 37.8 Å². The van der Waals surface area contributed by atoms with Crippen molar-refractivity contribution < 1.29 is 13.7 Å². The van der Waals surface area contributed by atoms with Crippen LogP contribution in [0.3, 0.4) is 0 Å². The fraction of sp³-hybridized carbons (Fsp3) is 0.320. The summed E-state index contributed by atoms with van der Waals surface area (Å²) in [7, 11) is 6.70. The number of fused-ring (bicyclic) bond motifs is 20. The predicted octanol–water partition coefficient (Wildman–Crippen LogP) is 16.8. The monoisotopic (exact) mass is 1070 g/mol. The van der Waals surface area contributed by atoms with Crippen LogP contribution in [0.1, 0.15) is 125 Å². The second-order valence-corrected chi connectivity index (χ2v) is 26.1. The van der Waals surface area contributed by atoms with Gasteiger partial charge in [0.15, 0.2) is 33.1 Å². The summed E-state index contributed by atoms with van der Waals surface area (Å²) in [6, 6.07) is 40.3. The Labute approximate surface area is 479 Å². The van der Waals surface area contributed by atoms with Gasteiger partial charge in [-0.15, -0.1) is 0 Å². The van der Waals surface area contributed by atoms with Crippen molar-refractivity contribution in [1.82, 2.24) is 13.7 Å². The highest BCUT2D eigenvalue weighted by Crippen LogP contribution is 2.52. The van der Waals surface area contributed by atoms with Crippen LogP contribution in [0.5, 0.6) is 0 Å². The predicted molar refractivity (Wildman–Crippen MR) is 340 cm³/mol. The molecule has 81 heavy (non-hydrogen) atoms. The molecule has 12 aromatic rings. The molecular weight excluding hydrogens is 985 g/mol. The average Bonchev–Trinajstić information content (AvgIpc) is 1.84. The van der Waals surface area contributed by atoms with E-state index in [-0.39, 0.29) is 16.6 Å². The molecule has 9 aromatic carbocycles. The Morgan fingerprint density at radius 2 is 0.667 bits per heavy atom. The Balaban J connectivity index is 0.000000114. The van der Waals surface area contributed by atoms with E-state index in [1.54, 1.807) is 0 Å². The summed E-state index contributed by atoms with van der Waals surface area (Å²) in [5.74, 6) is 3.98. The lowest BCUT2D eigenvalue weighted by Gasteiger charge is -2.21. The van der Waals surface area contributed by atoms with Crippen LogP contribution in [0.4, 0.5) is 0 Å². The standard InChI is InChI=1S/3C25H27N2/c1-14-15(2)17(4)23-22(16(14)3)26(7)24-20-12-18-10-8-9-11-19(18)13-21(20)25(5,6)27(23)24;1-14-15(2)17(4)23-22(16(14)3)26(7)24-21-19-11-9-8-10-18(19)12-13-20(21)25(5,6)27(23)24;1-14-15(2)17(4)23-22(16(14)3)26(7)24-20-13-12-18-10-8-9-11-19(18)21(20)25(5,6)27(23)24/h3*8-13H,1-7H3/q3*+1. The van der Waals surface area contributed by atoms with E-state index in [9.17, 15) is 0 Å². The molecule has 6 heterocycles. The minimum atomic E-state index is -0.0933. The van der Waals surface area contributed by atoms with Gasteiger partial charge in [0.05, 0.1) is 37.8 Å². The minimum absolute atomic E-state index is 0.0763. The Hall–Kier alpha value is -7.83. The van der Waals surface area contributed by atoms with Crippen LogP contribution in [-0.4, -0.2) is 13.7 Å². The van der Waals surface area contributed by atoms with Gasteiger partial charge >= 0.3 is 0 Å². The molecule has 0 fully saturated rings. The summed E-state index contributed by atoms with van der Waals surface area (Å²) in [5.41, 5.74) is 33.3. The quantitative estimate of drug-likeness (QED) is 0.135. The molecule has 6 nitrogen and oxygen atoms in total. The number of hydrogen-bond donors (Lipinski definition) is 0. The molecule has 0 amide bonds. The largest absolute Gasteiger partial charge is 0.291 e. The van der Waals surface area contributed by atoms with Crippen molar-refractivity contribution in [2.45, 2.75) is 141 Å². The number of rotatable bonds is 0. The van der Waals surface area contributed by atoms with Crippen molar-refractivity contribution in [3.63, 3.8) is 0 Å². The molecule has 0 saturated carbocycles. The SMILES string of the molecule is Cc1c(C)c(C)c2c(c1C)n1c([n+]2C)-c2c(ccc3ccccc23)C1(C)C.Cc1c(C)c(C)c2c(c1C)n1c([n+]2C)-c2cc3ccccc3cc2C1(C)C.Cc1c(C)c(C)c2c(c1C)n1c([n+]2C)-c2ccc3ccccc3c2C1(C)C. The molecule has 0 radical (unpaired) electrons. The van der Waals surface area contributed by atoms with Gasteiger partial charge in [0.2, 0.25) is 0 Å². The lowest BCUT2D eigenvalue weighted by Crippen LogP contribution is -2.30. The molecular formula is C75H81N6+3. The number of aryl methyl sites for hydroxylation is 9. The molecule has 0 spiro atoms. The van der Waals surface area contributed by atoms with Crippen LogP contribution in [0.2, 0.25) is 0 Å². The van der Waals surface area contributed by atoms with E-state index in [1.165, 1.54) is 183 Å². The zero-order chi connectivity index (χ0) is 57.7. The highest BCUT2D eigenvalue weighted by atomic mass is 15.2. The van der Waals surface area contributed by atoms with Crippen LogP contribution >= 0.6 is 0 Å². The van der Waals surface area contributed by atoms with Gasteiger partial charge in [0.25, 0.3) is 17.5 Å². The van der Waals surface area contributed by atoms with Crippen molar-refractivity contribution in [1.29, 1.82) is 0 Å². The number of benzene rings is 9. The zero-order valence-electron chi connectivity index (χ0n) is 52.1. The van der Waals surface area contributed by atoms with Crippen LogP contribution < -0.4 is 13.7 Å². The number of imidazole rings is 3. The summed E-state index contributed by atoms with van der Waals surface area (Å²) in [6.45, 7) is 41.4. The third kappa shape index (κ3) is 6.65. The van der Waals surface area contributed by atoms with Crippen molar-refractivity contribution in [3.05, 3.63) is 193 Å². The number of aromatic nitrogens is 6. The van der Waals surface area contributed by atoms with Gasteiger partial charge in [-0.1, -0.05) is 91.0 Å². The smallest absolute Gasteiger partial charge is 0.225 e.